The molecule has 0 aliphatic carbocycles. The van der Waals surface area contributed by atoms with Crippen molar-refractivity contribution in [3.8, 4) is 17.2 Å². The van der Waals surface area contributed by atoms with Crippen molar-refractivity contribution in [2.24, 2.45) is 0 Å². The smallest absolute Gasteiger partial charge is 0.353 e. The van der Waals surface area contributed by atoms with Gasteiger partial charge in [0, 0.05) is 15.6 Å². The molecule has 31 heavy (non-hydrogen) atoms. The van der Waals surface area contributed by atoms with E-state index in [-0.39, 0.29) is 12.1 Å². The second-order valence-electron chi connectivity index (χ2n) is 6.83. The van der Waals surface area contributed by atoms with Gasteiger partial charge in [-0.2, -0.15) is 5.26 Å². The molecule has 2 aliphatic rings. The first kappa shape index (κ1) is 21.0. The Balaban J connectivity index is 1.63. The number of aliphatic carboxylic acids is 1. The third kappa shape index (κ3) is 4.04. The molecule has 2 aromatic carbocycles. The van der Waals surface area contributed by atoms with Crippen LogP contribution in [0.5, 0.6) is 0 Å². The van der Waals surface area contributed by atoms with Crippen LogP contribution in [0.2, 0.25) is 0 Å². The van der Waals surface area contributed by atoms with E-state index in [1.807, 2.05) is 54.6 Å². The van der Waals surface area contributed by atoms with Gasteiger partial charge in [-0.3, -0.25) is 14.5 Å². The molecule has 0 bridgehead atoms. The van der Waals surface area contributed by atoms with Crippen LogP contribution in [0, 0.1) is 11.3 Å². The van der Waals surface area contributed by atoms with Crippen molar-refractivity contribution in [3.05, 3.63) is 65.2 Å². The summed E-state index contributed by atoms with van der Waals surface area (Å²) in [7, 11) is 0. The number of nitrogens with zero attached hydrogens (tertiary/aromatic N) is 2. The second-order valence-corrected chi connectivity index (χ2v) is 9.07. The van der Waals surface area contributed by atoms with Crippen LogP contribution in [0.4, 0.5) is 0 Å². The number of carboxylic acids is 1. The SMILES string of the molecule is N#CCC(=O)N[C@@H]1C(=O)N2C(C(=O)O)=C(Sc3ccccc3-c3ccccc3)CS[C@@H]12. The number of carboxylic acid groups (broad SMARTS) is 1. The van der Waals surface area contributed by atoms with Crippen molar-refractivity contribution in [2.75, 3.05) is 5.75 Å². The number of carbonyl (C=O) groups excluding carboxylic acids is 2. The summed E-state index contributed by atoms with van der Waals surface area (Å²) in [5.74, 6) is -1.80. The summed E-state index contributed by atoms with van der Waals surface area (Å²) in [5, 5.41) is 20.5. The average molecular weight is 452 g/mol. The number of thioether (sulfide) groups is 2. The van der Waals surface area contributed by atoms with Gasteiger partial charge in [-0.15, -0.1) is 11.8 Å². The molecule has 0 radical (unpaired) electrons. The molecule has 4 rings (SSSR count). The Morgan fingerprint density at radius 1 is 1.19 bits per heavy atom. The van der Waals surface area contributed by atoms with Gasteiger partial charge in [-0.05, 0) is 17.2 Å². The van der Waals surface area contributed by atoms with Gasteiger partial charge in [-0.1, -0.05) is 60.3 Å². The molecule has 7 nitrogen and oxygen atoms in total. The van der Waals surface area contributed by atoms with Crippen LogP contribution in [0.3, 0.4) is 0 Å². The normalized spacial score (nSPS) is 19.8. The maximum absolute atomic E-state index is 12.6. The number of benzene rings is 2. The summed E-state index contributed by atoms with van der Waals surface area (Å²) in [6.45, 7) is 0. The fraction of sp³-hybridized carbons (Fsp3) is 0.182. The van der Waals surface area contributed by atoms with Crippen LogP contribution in [0.25, 0.3) is 11.1 Å². The maximum Gasteiger partial charge on any atom is 0.353 e. The lowest BCUT2D eigenvalue weighted by Gasteiger charge is -2.49. The first-order chi connectivity index (χ1) is 15.0. The van der Waals surface area contributed by atoms with Crippen LogP contribution in [-0.4, -0.2) is 45.0 Å². The Bertz CT molecular complexity index is 1130. The molecular weight excluding hydrogens is 434 g/mol. The highest BCUT2D eigenvalue weighted by Gasteiger charge is 2.54. The molecule has 2 atom stereocenters. The number of carbonyl (C=O) groups is 3. The van der Waals surface area contributed by atoms with E-state index in [1.54, 1.807) is 6.07 Å². The number of nitrogens with one attached hydrogen (secondary N) is 1. The minimum atomic E-state index is -1.18. The molecule has 0 aromatic heterocycles. The zero-order chi connectivity index (χ0) is 22.0. The average Bonchev–Trinajstić information content (AvgIpc) is 2.78. The molecule has 2 aromatic rings. The molecule has 2 amide bonds. The van der Waals surface area contributed by atoms with Crippen LogP contribution >= 0.6 is 23.5 Å². The molecular formula is C22H17N3O4S2. The fourth-order valence-corrected chi connectivity index (χ4v) is 6.13. The van der Waals surface area contributed by atoms with Crippen molar-refractivity contribution >= 4 is 41.3 Å². The number of hydrogen-bond acceptors (Lipinski definition) is 6. The zero-order valence-corrected chi connectivity index (χ0v) is 17.8. The Kier molecular flexibility index (Phi) is 6.02. The van der Waals surface area contributed by atoms with Crippen molar-refractivity contribution in [1.29, 1.82) is 5.26 Å². The van der Waals surface area contributed by atoms with Gasteiger partial charge in [0.1, 0.15) is 23.5 Å². The van der Waals surface area contributed by atoms with Gasteiger partial charge in [0.15, 0.2) is 0 Å². The van der Waals surface area contributed by atoms with E-state index in [1.165, 1.54) is 28.4 Å². The quantitative estimate of drug-likeness (QED) is 0.650. The summed E-state index contributed by atoms with van der Waals surface area (Å²) in [5.41, 5.74) is 1.95. The second kappa shape index (κ2) is 8.88. The highest BCUT2D eigenvalue weighted by Crippen LogP contribution is 2.46. The van der Waals surface area contributed by atoms with E-state index in [9.17, 15) is 19.5 Å². The Morgan fingerprint density at radius 3 is 2.61 bits per heavy atom. The molecule has 156 valence electrons. The molecule has 0 spiro atoms. The largest absolute Gasteiger partial charge is 0.477 e. The zero-order valence-electron chi connectivity index (χ0n) is 16.1. The number of hydrogen-bond donors (Lipinski definition) is 2. The monoisotopic (exact) mass is 451 g/mol. The van der Waals surface area contributed by atoms with Crippen molar-refractivity contribution in [1.82, 2.24) is 10.2 Å². The van der Waals surface area contributed by atoms with E-state index in [0.717, 1.165) is 16.0 Å². The molecule has 0 unspecified atom stereocenters. The fourth-order valence-electron chi connectivity index (χ4n) is 3.51. The van der Waals surface area contributed by atoms with E-state index >= 15 is 0 Å². The Labute approximate surface area is 187 Å². The van der Waals surface area contributed by atoms with Crippen LogP contribution in [-0.2, 0) is 14.4 Å². The van der Waals surface area contributed by atoms with Crippen LogP contribution < -0.4 is 5.32 Å². The molecule has 0 saturated carbocycles. The predicted molar refractivity (Wildman–Crippen MR) is 118 cm³/mol. The summed E-state index contributed by atoms with van der Waals surface area (Å²) in [6.07, 6.45) is -0.347. The van der Waals surface area contributed by atoms with E-state index in [2.05, 4.69) is 5.32 Å². The molecule has 9 heteroatoms. The van der Waals surface area contributed by atoms with Crippen molar-refractivity contribution < 1.29 is 19.5 Å². The van der Waals surface area contributed by atoms with Crippen molar-refractivity contribution in [3.63, 3.8) is 0 Å². The van der Waals surface area contributed by atoms with E-state index in [4.69, 9.17) is 5.26 Å². The lowest BCUT2D eigenvalue weighted by molar-refractivity contribution is -0.150. The summed E-state index contributed by atoms with van der Waals surface area (Å²) in [6, 6.07) is 18.5. The minimum Gasteiger partial charge on any atom is -0.477 e. The van der Waals surface area contributed by atoms with Crippen molar-refractivity contribution in [2.45, 2.75) is 22.7 Å². The van der Waals surface area contributed by atoms with E-state index < -0.39 is 29.2 Å². The van der Waals surface area contributed by atoms with Crippen LogP contribution in [0.1, 0.15) is 6.42 Å². The number of rotatable bonds is 6. The standard InChI is InChI=1S/C22H17N3O4S2/c23-11-10-17(26)24-18-20(27)25-19(22(28)29)16(12-30-21(18)25)31-15-9-5-4-8-14(15)13-6-2-1-3-7-13/h1-9,18,21H,10,12H2,(H,24,26)(H,28,29)/t18-,21+/m1/s1. The lowest BCUT2D eigenvalue weighted by Crippen LogP contribution is -2.70. The summed E-state index contributed by atoms with van der Waals surface area (Å²) in [4.78, 5) is 39.1. The van der Waals surface area contributed by atoms with E-state index in [0.29, 0.717) is 10.7 Å². The van der Waals surface area contributed by atoms with Gasteiger partial charge < -0.3 is 10.4 Å². The van der Waals surface area contributed by atoms with Gasteiger partial charge in [0.25, 0.3) is 5.91 Å². The molecule has 2 aliphatic heterocycles. The van der Waals surface area contributed by atoms with Gasteiger partial charge in [0.05, 0.1) is 6.07 Å². The number of amides is 2. The molecule has 2 heterocycles. The molecule has 1 fully saturated rings. The number of nitriles is 1. The first-order valence-electron chi connectivity index (χ1n) is 9.41. The number of β-lactam (4-membered cyclic amide) rings is 1. The molecule has 2 N–H and O–H groups in total. The molecule has 1 saturated heterocycles. The summed E-state index contributed by atoms with van der Waals surface area (Å²) < 4.78 is 0. The summed E-state index contributed by atoms with van der Waals surface area (Å²) >= 11 is 2.74. The van der Waals surface area contributed by atoms with Gasteiger partial charge in [-0.25, -0.2) is 4.79 Å². The third-order valence-corrected chi connectivity index (χ3v) is 7.52. The minimum absolute atomic E-state index is 0.0487. The third-order valence-electron chi connectivity index (χ3n) is 4.90. The van der Waals surface area contributed by atoms with Gasteiger partial charge >= 0.3 is 5.97 Å². The van der Waals surface area contributed by atoms with Gasteiger partial charge in [0.2, 0.25) is 5.91 Å². The highest BCUT2D eigenvalue weighted by atomic mass is 32.2. The highest BCUT2D eigenvalue weighted by molar-refractivity contribution is 8.06. The topological polar surface area (TPSA) is 111 Å². The van der Waals surface area contributed by atoms with Crippen LogP contribution in [0.15, 0.2) is 70.1 Å². The maximum atomic E-state index is 12.6. The predicted octanol–water partition coefficient (Wildman–Crippen LogP) is 3.06. The Morgan fingerprint density at radius 2 is 1.90 bits per heavy atom. The lowest BCUT2D eigenvalue weighted by atomic mass is 10.0. The Hall–Kier alpha value is -3.22. The number of fused-ring (bicyclic) bond motifs is 1. The first-order valence-corrected chi connectivity index (χ1v) is 11.3.